The van der Waals surface area contributed by atoms with Crippen molar-refractivity contribution in [3.8, 4) is 0 Å². The van der Waals surface area contributed by atoms with Gasteiger partial charge in [0.2, 0.25) is 0 Å². The molecule has 1 aliphatic rings. The van der Waals surface area contributed by atoms with E-state index >= 15 is 0 Å². The van der Waals surface area contributed by atoms with Gasteiger partial charge in [0.1, 0.15) is 0 Å². The number of allylic oxidation sites excluding steroid dienone is 3. The van der Waals surface area contributed by atoms with E-state index in [4.69, 9.17) is 0 Å². The second-order valence-electron chi connectivity index (χ2n) is 4.07. The third kappa shape index (κ3) is 2.82. The van der Waals surface area contributed by atoms with Gasteiger partial charge in [0, 0.05) is 6.42 Å². The second-order valence-corrected chi connectivity index (χ2v) is 4.07. The predicted octanol–water partition coefficient (Wildman–Crippen LogP) is 1.95. The van der Waals surface area contributed by atoms with Crippen molar-refractivity contribution in [2.45, 2.75) is 38.9 Å². The van der Waals surface area contributed by atoms with E-state index in [-0.39, 0.29) is 0 Å². The Hall–Kier alpha value is -0.860. The number of hydrogen-bond donors (Lipinski definition) is 2. The van der Waals surface area contributed by atoms with Crippen molar-refractivity contribution in [3.63, 3.8) is 0 Å². The summed E-state index contributed by atoms with van der Waals surface area (Å²) >= 11 is 0. The summed E-state index contributed by atoms with van der Waals surface area (Å²) in [6, 6.07) is 0. The molecule has 0 bridgehead atoms. The van der Waals surface area contributed by atoms with Crippen LogP contribution in [0.15, 0.2) is 35.5 Å². The smallest absolute Gasteiger partial charge is 0.0811 e. The van der Waals surface area contributed by atoms with Crippen molar-refractivity contribution in [2.75, 3.05) is 0 Å². The van der Waals surface area contributed by atoms with E-state index in [9.17, 15) is 10.2 Å². The standard InChI is InChI=1S/C12H18O2/c1-8(2)4-5-10-6-11(13)7-12(14)9(10)3/h4-5,11-14H,3,6-7H2,1-2H3/b10-5-/t11-,12+/m1/s1. The van der Waals surface area contributed by atoms with Crippen LogP contribution in [0.3, 0.4) is 0 Å². The Morgan fingerprint density at radius 1 is 1.43 bits per heavy atom. The van der Waals surface area contributed by atoms with E-state index in [1.165, 1.54) is 5.57 Å². The van der Waals surface area contributed by atoms with Crippen molar-refractivity contribution in [2.24, 2.45) is 0 Å². The van der Waals surface area contributed by atoms with Gasteiger partial charge in [0.25, 0.3) is 0 Å². The summed E-state index contributed by atoms with van der Waals surface area (Å²) in [7, 11) is 0. The third-order valence-electron chi connectivity index (χ3n) is 2.38. The molecule has 0 aliphatic heterocycles. The highest BCUT2D eigenvalue weighted by molar-refractivity contribution is 5.37. The van der Waals surface area contributed by atoms with Crippen LogP contribution in [0.1, 0.15) is 26.7 Å². The highest BCUT2D eigenvalue weighted by Crippen LogP contribution is 2.28. The maximum atomic E-state index is 9.56. The SMILES string of the molecule is C=C1/C(=C\C=C(C)C)C[C@@H](O)C[C@@H]1O. The van der Waals surface area contributed by atoms with Crippen LogP contribution in [-0.2, 0) is 0 Å². The molecule has 1 aliphatic carbocycles. The number of aliphatic hydroxyl groups is 2. The van der Waals surface area contributed by atoms with Gasteiger partial charge in [-0.2, -0.15) is 0 Å². The fourth-order valence-electron chi connectivity index (χ4n) is 1.52. The fourth-order valence-corrected chi connectivity index (χ4v) is 1.52. The molecule has 0 saturated heterocycles. The average molecular weight is 194 g/mol. The Bertz CT molecular complexity index is 283. The molecule has 2 N–H and O–H groups in total. The van der Waals surface area contributed by atoms with E-state index in [0.717, 1.165) is 11.1 Å². The highest BCUT2D eigenvalue weighted by atomic mass is 16.3. The van der Waals surface area contributed by atoms with Crippen molar-refractivity contribution >= 4 is 0 Å². The Labute approximate surface area is 85.3 Å². The molecule has 1 rings (SSSR count). The van der Waals surface area contributed by atoms with Crippen LogP contribution in [-0.4, -0.2) is 22.4 Å². The zero-order valence-electron chi connectivity index (χ0n) is 8.83. The summed E-state index contributed by atoms with van der Waals surface area (Å²) in [6.45, 7) is 7.85. The van der Waals surface area contributed by atoms with E-state index in [1.807, 2.05) is 26.0 Å². The van der Waals surface area contributed by atoms with Crippen LogP contribution in [0.5, 0.6) is 0 Å². The third-order valence-corrected chi connectivity index (χ3v) is 2.38. The molecule has 2 nitrogen and oxygen atoms in total. The fraction of sp³-hybridized carbons (Fsp3) is 0.500. The largest absolute Gasteiger partial charge is 0.393 e. The molecule has 2 atom stereocenters. The van der Waals surface area contributed by atoms with E-state index < -0.39 is 12.2 Å². The molecule has 0 spiro atoms. The van der Waals surface area contributed by atoms with Crippen molar-refractivity contribution in [3.05, 3.63) is 35.5 Å². The van der Waals surface area contributed by atoms with Crippen LogP contribution in [0.4, 0.5) is 0 Å². The second kappa shape index (κ2) is 4.58. The summed E-state index contributed by atoms with van der Waals surface area (Å²) in [4.78, 5) is 0. The highest BCUT2D eigenvalue weighted by Gasteiger charge is 2.24. The lowest BCUT2D eigenvalue weighted by Gasteiger charge is -2.26. The van der Waals surface area contributed by atoms with Gasteiger partial charge in [-0.3, -0.25) is 0 Å². The molecule has 0 aromatic heterocycles. The maximum absolute atomic E-state index is 9.56. The molecule has 0 unspecified atom stereocenters. The van der Waals surface area contributed by atoms with Gasteiger partial charge >= 0.3 is 0 Å². The minimum Gasteiger partial charge on any atom is -0.393 e. The van der Waals surface area contributed by atoms with Gasteiger partial charge in [0.05, 0.1) is 12.2 Å². The van der Waals surface area contributed by atoms with Crippen molar-refractivity contribution in [1.29, 1.82) is 0 Å². The molecule has 1 fully saturated rings. The molecule has 0 radical (unpaired) electrons. The molecule has 0 aromatic carbocycles. The van der Waals surface area contributed by atoms with E-state index in [0.29, 0.717) is 12.8 Å². The minimum absolute atomic E-state index is 0.408. The lowest BCUT2D eigenvalue weighted by molar-refractivity contribution is 0.0862. The molecule has 14 heavy (non-hydrogen) atoms. The van der Waals surface area contributed by atoms with Crippen LogP contribution >= 0.6 is 0 Å². The minimum atomic E-state index is -0.587. The van der Waals surface area contributed by atoms with Gasteiger partial charge in [-0.25, -0.2) is 0 Å². The van der Waals surface area contributed by atoms with Crippen LogP contribution in [0.2, 0.25) is 0 Å². The van der Waals surface area contributed by atoms with Crippen molar-refractivity contribution in [1.82, 2.24) is 0 Å². The van der Waals surface area contributed by atoms with Gasteiger partial charge in [-0.1, -0.05) is 24.3 Å². The van der Waals surface area contributed by atoms with Crippen LogP contribution in [0.25, 0.3) is 0 Å². The maximum Gasteiger partial charge on any atom is 0.0811 e. The Morgan fingerprint density at radius 3 is 2.64 bits per heavy atom. The van der Waals surface area contributed by atoms with Gasteiger partial charge in [-0.05, 0) is 31.4 Å². The lowest BCUT2D eigenvalue weighted by Crippen LogP contribution is -2.26. The zero-order valence-corrected chi connectivity index (χ0v) is 8.83. The van der Waals surface area contributed by atoms with Gasteiger partial charge in [0.15, 0.2) is 0 Å². The molecule has 78 valence electrons. The monoisotopic (exact) mass is 194 g/mol. The molecule has 0 aromatic rings. The first-order valence-electron chi connectivity index (χ1n) is 4.90. The molecule has 2 heteroatoms. The summed E-state index contributed by atoms with van der Waals surface area (Å²) in [5, 5.41) is 19.0. The normalized spacial score (nSPS) is 30.6. The summed E-state index contributed by atoms with van der Waals surface area (Å²) in [6.07, 6.45) is 3.89. The van der Waals surface area contributed by atoms with Crippen molar-refractivity contribution < 1.29 is 10.2 Å². The van der Waals surface area contributed by atoms with Gasteiger partial charge < -0.3 is 10.2 Å². The van der Waals surface area contributed by atoms with Crippen LogP contribution in [0, 0.1) is 0 Å². The molecular weight excluding hydrogens is 176 g/mol. The predicted molar refractivity (Wildman–Crippen MR) is 57.9 cm³/mol. The lowest BCUT2D eigenvalue weighted by atomic mass is 9.86. The molecule has 1 saturated carbocycles. The van der Waals surface area contributed by atoms with Gasteiger partial charge in [-0.15, -0.1) is 0 Å². The Kier molecular flexibility index (Phi) is 3.67. The quantitative estimate of drug-likeness (QED) is 0.670. The first-order valence-corrected chi connectivity index (χ1v) is 4.90. The van der Waals surface area contributed by atoms with E-state index in [1.54, 1.807) is 0 Å². The number of rotatable bonds is 1. The zero-order chi connectivity index (χ0) is 10.7. The molecule has 0 heterocycles. The Morgan fingerprint density at radius 2 is 2.07 bits per heavy atom. The molecule has 0 amide bonds. The van der Waals surface area contributed by atoms with E-state index in [2.05, 4.69) is 6.58 Å². The first-order chi connectivity index (χ1) is 6.50. The van der Waals surface area contributed by atoms with Crippen LogP contribution < -0.4 is 0 Å². The molecular formula is C12H18O2. The topological polar surface area (TPSA) is 40.5 Å². The summed E-state index contributed by atoms with van der Waals surface area (Å²) in [5.41, 5.74) is 2.89. The number of aliphatic hydroxyl groups excluding tert-OH is 2. The summed E-state index contributed by atoms with van der Waals surface area (Å²) in [5.74, 6) is 0. The average Bonchev–Trinajstić information content (AvgIpc) is 2.08. The Balaban J connectivity index is 2.81. The summed E-state index contributed by atoms with van der Waals surface area (Å²) < 4.78 is 0. The number of hydrogen-bond acceptors (Lipinski definition) is 2. The first kappa shape index (κ1) is 11.2.